The van der Waals surface area contributed by atoms with Crippen molar-refractivity contribution >= 4 is 29.0 Å². The van der Waals surface area contributed by atoms with Crippen LogP contribution in [0.5, 0.6) is 5.75 Å². The monoisotopic (exact) mass is 445 g/mol. The van der Waals surface area contributed by atoms with Crippen LogP contribution >= 0.6 is 0 Å². The summed E-state index contributed by atoms with van der Waals surface area (Å²) in [6, 6.07) is 15.5. The van der Waals surface area contributed by atoms with Crippen LogP contribution in [0.25, 0.3) is 0 Å². The lowest BCUT2D eigenvalue weighted by Gasteiger charge is -2.30. The third-order valence-corrected chi connectivity index (χ3v) is 5.73. The number of fused-ring (bicyclic) bond motifs is 1. The molecule has 0 saturated heterocycles. The molecule has 2 aromatic carbocycles. The number of nitrogens with zero attached hydrogens (tertiary/aromatic N) is 3. The maximum Gasteiger partial charge on any atom is 0.251 e. The molecule has 3 aromatic rings. The quantitative estimate of drug-likeness (QED) is 0.503. The third kappa shape index (κ3) is 5.61. The summed E-state index contributed by atoms with van der Waals surface area (Å²) >= 11 is 0. The fourth-order valence-corrected chi connectivity index (χ4v) is 3.91. The van der Waals surface area contributed by atoms with Crippen molar-refractivity contribution in [3.63, 3.8) is 0 Å². The van der Waals surface area contributed by atoms with Crippen LogP contribution in [-0.4, -0.2) is 36.1 Å². The number of hydrogen-bond acceptors (Lipinski definition) is 6. The van der Waals surface area contributed by atoms with Crippen molar-refractivity contribution in [2.75, 3.05) is 30.4 Å². The Morgan fingerprint density at radius 1 is 1.15 bits per heavy atom. The second-order valence-electron chi connectivity index (χ2n) is 8.63. The molecule has 33 heavy (non-hydrogen) atoms. The van der Waals surface area contributed by atoms with Crippen LogP contribution in [0.2, 0.25) is 0 Å². The van der Waals surface area contributed by atoms with Gasteiger partial charge in [-0.1, -0.05) is 13.8 Å². The molecule has 0 spiro atoms. The van der Waals surface area contributed by atoms with Crippen LogP contribution in [0.1, 0.15) is 42.6 Å². The third-order valence-electron chi connectivity index (χ3n) is 5.73. The first-order valence-corrected chi connectivity index (χ1v) is 11.5. The molecule has 0 saturated carbocycles. The standard InChI is InChI=1S/C26H31N5O2/c1-18(2)12-14-27-25(32)19-6-8-21(9-7-19)29-26-28-15-13-24(30-26)31-16-4-5-20-17-22(33-3)10-11-23(20)31/h6-11,13,15,17-18H,4-5,12,14,16H2,1-3H3,(H,27,32)(H,28,29,30). The molecule has 2 heterocycles. The van der Waals surface area contributed by atoms with Gasteiger partial charge in [-0.15, -0.1) is 0 Å². The Kier molecular flexibility index (Phi) is 7.07. The molecule has 172 valence electrons. The Bertz CT molecular complexity index is 1100. The van der Waals surface area contributed by atoms with E-state index in [1.165, 1.54) is 5.56 Å². The van der Waals surface area contributed by atoms with Gasteiger partial charge in [0, 0.05) is 36.2 Å². The highest BCUT2D eigenvalue weighted by atomic mass is 16.5. The largest absolute Gasteiger partial charge is 0.497 e. The summed E-state index contributed by atoms with van der Waals surface area (Å²) in [4.78, 5) is 23.6. The number of methoxy groups -OCH3 is 1. The minimum absolute atomic E-state index is 0.0548. The highest BCUT2D eigenvalue weighted by Gasteiger charge is 2.20. The van der Waals surface area contributed by atoms with Gasteiger partial charge in [0.1, 0.15) is 11.6 Å². The van der Waals surface area contributed by atoms with E-state index in [2.05, 4.69) is 46.5 Å². The van der Waals surface area contributed by atoms with Crippen molar-refractivity contribution < 1.29 is 9.53 Å². The summed E-state index contributed by atoms with van der Waals surface area (Å²) in [5.74, 6) is 2.74. The Morgan fingerprint density at radius 3 is 2.73 bits per heavy atom. The maximum atomic E-state index is 12.3. The summed E-state index contributed by atoms with van der Waals surface area (Å²) in [5, 5.41) is 6.21. The van der Waals surface area contributed by atoms with E-state index < -0.39 is 0 Å². The highest BCUT2D eigenvalue weighted by Crippen LogP contribution is 2.35. The fraction of sp³-hybridized carbons (Fsp3) is 0.346. The molecular formula is C26H31N5O2. The van der Waals surface area contributed by atoms with E-state index in [4.69, 9.17) is 9.72 Å². The van der Waals surface area contributed by atoms with Gasteiger partial charge >= 0.3 is 0 Å². The number of aryl methyl sites for hydroxylation is 1. The molecule has 1 aliphatic rings. The van der Waals surface area contributed by atoms with Gasteiger partial charge in [0.25, 0.3) is 5.91 Å². The van der Waals surface area contributed by atoms with E-state index in [1.54, 1.807) is 13.3 Å². The molecule has 0 radical (unpaired) electrons. The lowest BCUT2D eigenvalue weighted by Crippen LogP contribution is -2.25. The van der Waals surface area contributed by atoms with Crippen LogP contribution in [0.4, 0.5) is 23.1 Å². The molecule has 4 rings (SSSR count). The van der Waals surface area contributed by atoms with Crippen molar-refractivity contribution in [3.05, 3.63) is 65.9 Å². The van der Waals surface area contributed by atoms with Crippen LogP contribution in [0.15, 0.2) is 54.7 Å². The average Bonchev–Trinajstić information content (AvgIpc) is 2.83. The zero-order valence-corrected chi connectivity index (χ0v) is 19.5. The van der Waals surface area contributed by atoms with Crippen LogP contribution in [0.3, 0.4) is 0 Å². The predicted molar refractivity (Wildman–Crippen MR) is 132 cm³/mol. The highest BCUT2D eigenvalue weighted by molar-refractivity contribution is 5.94. The molecule has 0 bridgehead atoms. The van der Waals surface area contributed by atoms with Gasteiger partial charge in [0.05, 0.1) is 7.11 Å². The van der Waals surface area contributed by atoms with Crippen molar-refractivity contribution in [2.45, 2.75) is 33.1 Å². The molecule has 0 atom stereocenters. The predicted octanol–water partition coefficient (Wildman–Crippen LogP) is 5.09. The number of aromatic nitrogens is 2. The zero-order chi connectivity index (χ0) is 23.2. The summed E-state index contributed by atoms with van der Waals surface area (Å²) < 4.78 is 5.38. The molecular weight excluding hydrogens is 414 g/mol. The first-order chi connectivity index (χ1) is 16.0. The van der Waals surface area contributed by atoms with E-state index in [0.29, 0.717) is 24.0 Å². The fourth-order valence-electron chi connectivity index (χ4n) is 3.91. The van der Waals surface area contributed by atoms with Crippen LogP contribution < -0.4 is 20.3 Å². The second-order valence-corrected chi connectivity index (χ2v) is 8.63. The first-order valence-electron chi connectivity index (χ1n) is 11.5. The number of nitrogens with one attached hydrogen (secondary N) is 2. The smallest absolute Gasteiger partial charge is 0.251 e. The van der Waals surface area contributed by atoms with E-state index in [0.717, 1.165) is 48.7 Å². The molecule has 1 amide bonds. The minimum atomic E-state index is -0.0548. The Balaban J connectivity index is 1.45. The number of ether oxygens (including phenoxy) is 1. The minimum Gasteiger partial charge on any atom is -0.497 e. The number of benzene rings is 2. The summed E-state index contributed by atoms with van der Waals surface area (Å²) in [5.41, 5.74) is 3.88. The van der Waals surface area contributed by atoms with Gasteiger partial charge in [-0.25, -0.2) is 4.98 Å². The summed E-state index contributed by atoms with van der Waals surface area (Å²) in [6.07, 6.45) is 4.80. The molecule has 1 aliphatic heterocycles. The second kappa shape index (κ2) is 10.3. The molecule has 7 heteroatoms. The number of anilines is 4. The van der Waals surface area contributed by atoms with Crippen LogP contribution in [0, 0.1) is 5.92 Å². The van der Waals surface area contributed by atoms with Crippen molar-refractivity contribution in [3.8, 4) is 5.75 Å². The Hall–Kier alpha value is -3.61. The normalized spacial score (nSPS) is 12.9. The number of hydrogen-bond donors (Lipinski definition) is 2. The number of rotatable bonds is 8. The number of amides is 1. The van der Waals surface area contributed by atoms with Crippen molar-refractivity contribution in [2.24, 2.45) is 5.92 Å². The van der Waals surface area contributed by atoms with Crippen molar-refractivity contribution in [1.82, 2.24) is 15.3 Å². The summed E-state index contributed by atoms with van der Waals surface area (Å²) in [7, 11) is 1.69. The van der Waals surface area contributed by atoms with Gasteiger partial charge < -0.3 is 20.3 Å². The molecule has 0 unspecified atom stereocenters. The molecule has 7 nitrogen and oxygen atoms in total. The Labute approximate surface area is 195 Å². The molecule has 0 fully saturated rings. The molecule has 0 aliphatic carbocycles. The van der Waals surface area contributed by atoms with Gasteiger partial charge in [0.2, 0.25) is 5.95 Å². The topological polar surface area (TPSA) is 79.4 Å². The lowest BCUT2D eigenvalue weighted by atomic mass is 10.0. The lowest BCUT2D eigenvalue weighted by molar-refractivity contribution is 0.0952. The van der Waals surface area contributed by atoms with Gasteiger partial charge in [0.15, 0.2) is 0 Å². The summed E-state index contributed by atoms with van der Waals surface area (Å²) in [6.45, 7) is 5.87. The van der Waals surface area contributed by atoms with E-state index in [-0.39, 0.29) is 5.91 Å². The van der Waals surface area contributed by atoms with E-state index >= 15 is 0 Å². The molecule has 1 aromatic heterocycles. The van der Waals surface area contributed by atoms with E-state index in [9.17, 15) is 4.79 Å². The van der Waals surface area contributed by atoms with Crippen LogP contribution in [-0.2, 0) is 6.42 Å². The molecule has 2 N–H and O–H groups in total. The van der Waals surface area contributed by atoms with E-state index in [1.807, 2.05) is 36.4 Å². The zero-order valence-electron chi connectivity index (χ0n) is 19.5. The SMILES string of the molecule is COc1ccc2c(c1)CCCN2c1ccnc(Nc2ccc(C(=O)NCCC(C)C)cc2)n1. The van der Waals surface area contributed by atoms with Gasteiger partial charge in [-0.05, 0) is 79.3 Å². The van der Waals surface area contributed by atoms with Gasteiger partial charge in [-0.3, -0.25) is 4.79 Å². The number of carbonyl (C=O) groups excluding carboxylic acids is 1. The average molecular weight is 446 g/mol. The Morgan fingerprint density at radius 2 is 1.97 bits per heavy atom. The van der Waals surface area contributed by atoms with Gasteiger partial charge in [-0.2, -0.15) is 4.98 Å². The van der Waals surface area contributed by atoms with Crippen molar-refractivity contribution in [1.29, 1.82) is 0 Å². The first kappa shape index (κ1) is 22.6. The maximum absolute atomic E-state index is 12.3. The number of carbonyl (C=O) groups is 1.